The molecular weight excluding hydrogens is 290 g/mol. The van der Waals surface area contributed by atoms with Crippen LogP contribution in [0.5, 0.6) is 0 Å². The molecule has 0 fully saturated rings. The van der Waals surface area contributed by atoms with Crippen LogP contribution < -0.4 is 0 Å². The summed E-state index contributed by atoms with van der Waals surface area (Å²) in [6, 6.07) is 0. The van der Waals surface area contributed by atoms with E-state index in [0.717, 1.165) is 0 Å². The largest absolute Gasteiger partial charge is 0.474 e. The smallest absolute Gasteiger partial charge is 0.460 e. The van der Waals surface area contributed by atoms with Crippen molar-refractivity contribution in [2.75, 3.05) is 26.4 Å². The van der Waals surface area contributed by atoms with Gasteiger partial charge in [0.2, 0.25) is 5.83 Å². The first-order valence-corrected chi connectivity index (χ1v) is 7.96. The first-order chi connectivity index (χ1) is 9.45. The molecule has 118 valence electrons. The quantitative estimate of drug-likeness (QED) is 0.238. The molecule has 8 heteroatoms. The van der Waals surface area contributed by atoms with Gasteiger partial charge >= 0.3 is 13.8 Å². The molecule has 0 amide bonds. The van der Waals surface area contributed by atoms with Gasteiger partial charge in [0.05, 0.1) is 26.4 Å². The summed E-state index contributed by atoms with van der Waals surface area (Å²) in [4.78, 5) is 10.7. The Morgan fingerprint density at radius 1 is 1.05 bits per heavy atom. The van der Waals surface area contributed by atoms with Crippen LogP contribution in [0.2, 0.25) is 0 Å². The normalized spacial score (nSPS) is 11.3. The zero-order chi connectivity index (χ0) is 15.4. The molecule has 0 unspecified atom stereocenters. The summed E-state index contributed by atoms with van der Waals surface area (Å²) in [5, 5.41) is 0. The number of phosphoric acid groups is 1. The van der Waals surface area contributed by atoms with Gasteiger partial charge in [0, 0.05) is 6.42 Å². The lowest BCUT2D eigenvalue weighted by Gasteiger charge is -2.17. The van der Waals surface area contributed by atoms with Gasteiger partial charge in [-0.1, -0.05) is 20.4 Å². The van der Waals surface area contributed by atoms with E-state index in [0.29, 0.717) is 12.8 Å². The monoisotopic (exact) mass is 312 g/mol. The Hall–Kier alpha value is -0.750. The minimum atomic E-state index is -3.57. The third-order valence-electron chi connectivity index (χ3n) is 1.90. The number of carbonyl (C=O) groups excluding carboxylic acids is 1. The topological polar surface area (TPSA) is 71.1 Å². The summed E-state index contributed by atoms with van der Waals surface area (Å²) in [6.45, 7) is 7.01. The van der Waals surface area contributed by atoms with Gasteiger partial charge in [-0.3, -0.25) is 13.6 Å². The molecule has 0 aromatic rings. The second kappa shape index (κ2) is 11.0. The fourth-order valence-corrected chi connectivity index (χ4v) is 2.39. The molecule has 0 aromatic heterocycles. The maximum atomic E-state index is 12.3. The average molecular weight is 312 g/mol. The zero-order valence-electron chi connectivity index (χ0n) is 11.9. The molecule has 0 saturated heterocycles. The van der Waals surface area contributed by atoms with Crippen molar-refractivity contribution in [1.29, 1.82) is 0 Å². The standard InChI is InChI=1S/C12H22FO6P/c1-4-7-17-20(15,18-8-5-2)19-10-6-9-16-12(14)11(3)13/h3-10H2,1-2H3. The van der Waals surface area contributed by atoms with Crippen LogP contribution in [0, 0.1) is 0 Å². The maximum absolute atomic E-state index is 12.3. The van der Waals surface area contributed by atoms with E-state index >= 15 is 0 Å². The molecule has 0 bridgehead atoms. The third kappa shape index (κ3) is 9.20. The minimum Gasteiger partial charge on any atom is -0.460 e. The molecule has 20 heavy (non-hydrogen) atoms. The molecule has 0 aromatic carbocycles. The van der Waals surface area contributed by atoms with E-state index in [4.69, 9.17) is 13.6 Å². The van der Waals surface area contributed by atoms with Crippen molar-refractivity contribution in [2.45, 2.75) is 33.1 Å². The highest BCUT2D eigenvalue weighted by atomic mass is 31.2. The van der Waals surface area contributed by atoms with Gasteiger partial charge in [-0.05, 0) is 12.8 Å². The zero-order valence-corrected chi connectivity index (χ0v) is 12.8. The molecule has 0 spiro atoms. The molecule has 0 rings (SSSR count). The van der Waals surface area contributed by atoms with Crippen LogP contribution in [0.4, 0.5) is 4.39 Å². The molecule has 0 aliphatic heterocycles. The Kier molecular flexibility index (Phi) is 10.6. The van der Waals surface area contributed by atoms with Gasteiger partial charge in [-0.25, -0.2) is 9.36 Å². The number of rotatable bonds is 12. The molecular formula is C12H22FO6P. The number of hydrogen-bond acceptors (Lipinski definition) is 6. The maximum Gasteiger partial charge on any atom is 0.474 e. The number of ether oxygens (including phenoxy) is 1. The van der Waals surface area contributed by atoms with Crippen molar-refractivity contribution < 1.29 is 32.1 Å². The highest BCUT2D eigenvalue weighted by Crippen LogP contribution is 2.49. The molecule has 0 atom stereocenters. The average Bonchev–Trinajstić information content (AvgIpc) is 2.42. The molecule has 6 nitrogen and oxygen atoms in total. The number of phosphoric ester groups is 1. The SMILES string of the molecule is C=C(F)C(=O)OCCCOP(=O)(OCCC)OCCC. The lowest BCUT2D eigenvalue weighted by atomic mass is 10.5. The number of esters is 1. The summed E-state index contributed by atoms with van der Waals surface area (Å²) in [5.41, 5.74) is 0. The second-order valence-electron chi connectivity index (χ2n) is 3.84. The number of hydrogen-bond donors (Lipinski definition) is 0. The van der Waals surface area contributed by atoms with E-state index in [1.165, 1.54) is 0 Å². The first kappa shape index (κ1) is 19.2. The van der Waals surface area contributed by atoms with Crippen LogP contribution in [0.3, 0.4) is 0 Å². The fourth-order valence-electron chi connectivity index (χ4n) is 0.996. The van der Waals surface area contributed by atoms with Gasteiger partial charge in [0.1, 0.15) is 0 Å². The van der Waals surface area contributed by atoms with Gasteiger partial charge in [-0.2, -0.15) is 4.39 Å². The lowest BCUT2D eigenvalue weighted by Crippen LogP contribution is -2.08. The van der Waals surface area contributed by atoms with Crippen molar-refractivity contribution >= 4 is 13.8 Å². The van der Waals surface area contributed by atoms with Crippen molar-refractivity contribution in [3.8, 4) is 0 Å². The van der Waals surface area contributed by atoms with E-state index in [2.05, 4.69) is 11.3 Å². The van der Waals surface area contributed by atoms with Crippen LogP contribution in [0.25, 0.3) is 0 Å². The van der Waals surface area contributed by atoms with Crippen LogP contribution >= 0.6 is 7.82 Å². The van der Waals surface area contributed by atoms with E-state index in [9.17, 15) is 13.8 Å². The predicted molar refractivity (Wildman–Crippen MR) is 71.9 cm³/mol. The molecule has 0 saturated carbocycles. The molecule has 0 heterocycles. The van der Waals surface area contributed by atoms with E-state index < -0.39 is 19.6 Å². The Morgan fingerprint density at radius 2 is 1.55 bits per heavy atom. The van der Waals surface area contributed by atoms with Crippen molar-refractivity contribution in [3.63, 3.8) is 0 Å². The molecule has 0 N–H and O–H groups in total. The second-order valence-corrected chi connectivity index (χ2v) is 5.51. The molecule has 0 radical (unpaired) electrons. The number of halogens is 1. The summed E-state index contributed by atoms with van der Waals surface area (Å²) >= 11 is 0. The lowest BCUT2D eigenvalue weighted by molar-refractivity contribution is -0.140. The molecule has 0 aliphatic rings. The van der Waals surface area contributed by atoms with Gasteiger partial charge < -0.3 is 4.74 Å². The van der Waals surface area contributed by atoms with Gasteiger partial charge in [0.25, 0.3) is 0 Å². The fraction of sp³-hybridized carbons (Fsp3) is 0.750. The Morgan fingerprint density at radius 3 is 2.00 bits per heavy atom. The predicted octanol–water partition coefficient (Wildman–Crippen LogP) is 3.38. The Bertz CT molecular complexity index is 335. The molecule has 0 aliphatic carbocycles. The summed E-state index contributed by atoms with van der Waals surface area (Å²) in [7, 11) is -3.57. The minimum absolute atomic E-state index is 0.0107. The third-order valence-corrected chi connectivity index (χ3v) is 3.40. The first-order valence-electron chi connectivity index (χ1n) is 6.50. The summed E-state index contributed by atoms with van der Waals surface area (Å²) in [5.74, 6) is -2.27. The highest BCUT2D eigenvalue weighted by Gasteiger charge is 2.25. The van der Waals surface area contributed by atoms with Crippen molar-refractivity contribution in [1.82, 2.24) is 0 Å². The van der Waals surface area contributed by atoms with Crippen LogP contribution in [-0.4, -0.2) is 32.4 Å². The van der Waals surface area contributed by atoms with E-state index in [-0.39, 0.29) is 32.8 Å². The van der Waals surface area contributed by atoms with Crippen molar-refractivity contribution in [3.05, 3.63) is 12.4 Å². The van der Waals surface area contributed by atoms with Crippen molar-refractivity contribution in [2.24, 2.45) is 0 Å². The number of carbonyl (C=O) groups is 1. The van der Waals surface area contributed by atoms with E-state index in [1.54, 1.807) is 0 Å². The van der Waals surface area contributed by atoms with Gasteiger partial charge in [0.15, 0.2) is 0 Å². The van der Waals surface area contributed by atoms with Crippen LogP contribution in [0.1, 0.15) is 33.1 Å². The Labute approximate surface area is 118 Å². The summed E-state index contributed by atoms with van der Waals surface area (Å²) < 4.78 is 44.1. The Balaban J connectivity index is 3.98. The highest BCUT2D eigenvalue weighted by molar-refractivity contribution is 7.48. The summed E-state index contributed by atoms with van der Waals surface area (Å²) in [6.07, 6.45) is 1.60. The van der Waals surface area contributed by atoms with Gasteiger partial charge in [-0.15, -0.1) is 0 Å². The van der Waals surface area contributed by atoms with Crippen LogP contribution in [0.15, 0.2) is 12.4 Å². The van der Waals surface area contributed by atoms with Crippen LogP contribution in [-0.2, 0) is 27.7 Å². The van der Waals surface area contributed by atoms with E-state index in [1.807, 2.05) is 13.8 Å².